The summed E-state index contributed by atoms with van der Waals surface area (Å²) in [5.74, 6) is -1.93. The normalized spacial score (nSPS) is 18.8. The summed E-state index contributed by atoms with van der Waals surface area (Å²) in [6.07, 6.45) is 3.89. The van der Waals surface area contributed by atoms with Gasteiger partial charge >= 0.3 is 5.97 Å². The first kappa shape index (κ1) is 23.7. The number of piperazine rings is 1. The van der Waals surface area contributed by atoms with Crippen molar-refractivity contribution >= 4 is 29.8 Å². The minimum absolute atomic E-state index is 0.218. The Bertz CT molecular complexity index is 1010. The van der Waals surface area contributed by atoms with Crippen LogP contribution in [0.15, 0.2) is 66.7 Å². The lowest BCUT2D eigenvalue weighted by atomic mass is 10.0. The third kappa shape index (κ3) is 7.03. The Hall–Kier alpha value is -3.94. The molecule has 1 aliphatic heterocycles. The van der Waals surface area contributed by atoms with Crippen LogP contribution in [0.5, 0.6) is 0 Å². The highest BCUT2D eigenvalue weighted by atomic mass is 16.5. The predicted octanol–water partition coefficient (Wildman–Crippen LogP) is 1.36. The Morgan fingerprint density at radius 3 is 2.24 bits per heavy atom. The highest BCUT2D eigenvalue weighted by molar-refractivity contribution is 5.99. The van der Waals surface area contributed by atoms with Gasteiger partial charge in [-0.3, -0.25) is 14.4 Å². The molecular weight excluding hydrogens is 422 g/mol. The Kier molecular flexibility index (Phi) is 8.35. The monoisotopic (exact) mass is 449 g/mol. The van der Waals surface area contributed by atoms with Crippen LogP contribution in [0, 0.1) is 0 Å². The highest BCUT2D eigenvalue weighted by Gasteiger charge is 2.35. The number of ether oxygens (including phenoxy) is 1. The first-order valence-corrected chi connectivity index (χ1v) is 10.7. The summed E-state index contributed by atoms with van der Waals surface area (Å²) in [5, 5.41) is 7.87. The molecule has 0 unspecified atom stereocenters. The minimum Gasteiger partial charge on any atom is -0.467 e. The van der Waals surface area contributed by atoms with E-state index in [0.29, 0.717) is 6.42 Å². The molecule has 8 nitrogen and oxygen atoms in total. The summed E-state index contributed by atoms with van der Waals surface area (Å²) >= 11 is 0. The van der Waals surface area contributed by atoms with E-state index in [1.807, 2.05) is 66.7 Å². The van der Waals surface area contributed by atoms with Crippen molar-refractivity contribution in [3.63, 3.8) is 0 Å². The number of hydrogen-bond donors (Lipinski definition) is 3. The van der Waals surface area contributed by atoms with Crippen LogP contribution in [-0.2, 0) is 30.3 Å². The van der Waals surface area contributed by atoms with Gasteiger partial charge in [-0.25, -0.2) is 4.79 Å². The molecule has 2 aromatic rings. The fourth-order valence-corrected chi connectivity index (χ4v) is 3.51. The van der Waals surface area contributed by atoms with Crippen molar-refractivity contribution in [2.45, 2.75) is 37.4 Å². The fourth-order valence-electron chi connectivity index (χ4n) is 3.51. The molecule has 172 valence electrons. The number of carbonyl (C=O) groups is 4. The predicted molar refractivity (Wildman–Crippen MR) is 123 cm³/mol. The van der Waals surface area contributed by atoms with Crippen LogP contribution in [0.1, 0.15) is 24.0 Å². The van der Waals surface area contributed by atoms with Crippen LogP contribution in [0.3, 0.4) is 0 Å². The maximum Gasteiger partial charge on any atom is 0.328 e. The molecule has 1 aliphatic rings. The second-order valence-corrected chi connectivity index (χ2v) is 7.71. The van der Waals surface area contributed by atoms with Crippen molar-refractivity contribution in [1.82, 2.24) is 16.0 Å². The van der Waals surface area contributed by atoms with E-state index in [1.54, 1.807) is 6.08 Å². The molecule has 0 aromatic heterocycles. The van der Waals surface area contributed by atoms with Crippen molar-refractivity contribution < 1.29 is 23.9 Å². The van der Waals surface area contributed by atoms with E-state index >= 15 is 0 Å². The number of carbonyl (C=O) groups excluding carboxylic acids is 4. The quantitative estimate of drug-likeness (QED) is 0.501. The van der Waals surface area contributed by atoms with Gasteiger partial charge in [0.1, 0.15) is 18.1 Å². The van der Waals surface area contributed by atoms with Crippen molar-refractivity contribution in [1.29, 1.82) is 0 Å². The first-order valence-electron chi connectivity index (χ1n) is 10.7. The van der Waals surface area contributed by atoms with Crippen molar-refractivity contribution in [2.24, 2.45) is 0 Å². The number of amides is 3. The fraction of sp³-hybridized carbons (Fsp3) is 0.280. The van der Waals surface area contributed by atoms with E-state index in [4.69, 9.17) is 4.74 Å². The van der Waals surface area contributed by atoms with Gasteiger partial charge in [0.2, 0.25) is 17.7 Å². The third-order valence-electron chi connectivity index (χ3n) is 5.24. The standard InChI is InChI=1S/C25H27N3O5/c1-33-25(32)19(14-8-13-17-9-4-2-5-10-17)26-22(29)16-21-24(31)27-20(23(30)28-21)15-18-11-6-3-7-12-18/h2-13,19-21H,14-16H2,1H3,(H,26,29)(H,27,31)(H,28,30)/b13-8+/t19-,20+,21+/m1/s1. The van der Waals surface area contributed by atoms with Crippen LogP contribution >= 0.6 is 0 Å². The molecule has 33 heavy (non-hydrogen) atoms. The second kappa shape index (κ2) is 11.6. The van der Waals surface area contributed by atoms with E-state index in [9.17, 15) is 19.2 Å². The number of methoxy groups -OCH3 is 1. The van der Waals surface area contributed by atoms with Crippen LogP contribution in [0.4, 0.5) is 0 Å². The highest BCUT2D eigenvalue weighted by Crippen LogP contribution is 2.09. The minimum atomic E-state index is -1.01. The van der Waals surface area contributed by atoms with Gasteiger partial charge in [0.05, 0.1) is 13.5 Å². The van der Waals surface area contributed by atoms with Crippen LogP contribution in [0.25, 0.3) is 6.08 Å². The van der Waals surface area contributed by atoms with Gasteiger partial charge in [0, 0.05) is 6.42 Å². The van der Waals surface area contributed by atoms with Crippen LogP contribution in [0.2, 0.25) is 0 Å². The molecule has 0 saturated carbocycles. The van der Waals surface area contributed by atoms with E-state index in [-0.39, 0.29) is 18.7 Å². The lowest BCUT2D eigenvalue weighted by Gasteiger charge is -2.29. The van der Waals surface area contributed by atoms with Crippen molar-refractivity contribution in [2.75, 3.05) is 7.11 Å². The molecule has 2 aromatic carbocycles. The first-order chi connectivity index (χ1) is 16.0. The van der Waals surface area contributed by atoms with Gasteiger partial charge in [0.15, 0.2) is 0 Å². The Morgan fingerprint density at radius 2 is 1.58 bits per heavy atom. The van der Waals surface area contributed by atoms with E-state index in [2.05, 4.69) is 16.0 Å². The van der Waals surface area contributed by atoms with Crippen molar-refractivity contribution in [3.8, 4) is 0 Å². The maximum atomic E-state index is 12.5. The lowest BCUT2D eigenvalue weighted by molar-refractivity contribution is -0.145. The van der Waals surface area contributed by atoms with Gasteiger partial charge in [-0.15, -0.1) is 0 Å². The largest absolute Gasteiger partial charge is 0.467 e. The molecule has 0 bridgehead atoms. The number of esters is 1. The van der Waals surface area contributed by atoms with Gasteiger partial charge < -0.3 is 20.7 Å². The van der Waals surface area contributed by atoms with Crippen LogP contribution < -0.4 is 16.0 Å². The van der Waals surface area contributed by atoms with E-state index in [1.165, 1.54) is 7.11 Å². The van der Waals surface area contributed by atoms with Gasteiger partial charge in [-0.2, -0.15) is 0 Å². The Morgan fingerprint density at radius 1 is 0.970 bits per heavy atom. The zero-order valence-corrected chi connectivity index (χ0v) is 18.3. The molecule has 3 atom stereocenters. The Balaban J connectivity index is 1.54. The molecule has 0 radical (unpaired) electrons. The summed E-state index contributed by atoms with van der Waals surface area (Å²) in [5.41, 5.74) is 1.87. The summed E-state index contributed by atoms with van der Waals surface area (Å²) in [7, 11) is 1.24. The van der Waals surface area contributed by atoms with E-state index < -0.39 is 35.9 Å². The SMILES string of the molecule is COC(=O)[C@@H](C/C=C/c1ccccc1)NC(=O)C[C@@H]1NC(=O)[C@H](Cc2ccccc2)NC1=O. The Labute approximate surface area is 192 Å². The number of nitrogens with one attached hydrogen (secondary N) is 3. The van der Waals surface area contributed by atoms with E-state index in [0.717, 1.165) is 11.1 Å². The molecule has 3 amide bonds. The molecule has 3 N–H and O–H groups in total. The number of hydrogen-bond acceptors (Lipinski definition) is 5. The van der Waals surface area contributed by atoms with Crippen LogP contribution in [-0.4, -0.2) is 48.9 Å². The third-order valence-corrected chi connectivity index (χ3v) is 5.24. The summed E-state index contributed by atoms with van der Waals surface area (Å²) in [6.45, 7) is 0. The van der Waals surface area contributed by atoms with Gasteiger partial charge in [0.25, 0.3) is 0 Å². The second-order valence-electron chi connectivity index (χ2n) is 7.71. The molecule has 1 fully saturated rings. The molecule has 3 rings (SSSR count). The summed E-state index contributed by atoms with van der Waals surface area (Å²) in [4.78, 5) is 49.5. The number of benzene rings is 2. The molecule has 1 heterocycles. The van der Waals surface area contributed by atoms with Gasteiger partial charge in [-0.1, -0.05) is 72.8 Å². The number of rotatable bonds is 9. The van der Waals surface area contributed by atoms with Crippen molar-refractivity contribution in [3.05, 3.63) is 77.9 Å². The average Bonchev–Trinajstić information content (AvgIpc) is 2.82. The molecule has 0 aliphatic carbocycles. The summed E-state index contributed by atoms with van der Waals surface area (Å²) < 4.78 is 4.78. The zero-order valence-electron chi connectivity index (χ0n) is 18.3. The maximum absolute atomic E-state index is 12.5. The molecule has 0 spiro atoms. The molecular formula is C25H27N3O5. The zero-order chi connectivity index (χ0) is 23.6. The topological polar surface area (TPSA) is 114 Å². The average molecular weight is 450 g/mol. The summed E-state index contributed by atoms with van der Waals surface area (Å²) in [6, 6.07) is 16.2. The molecule has 8 heteroatoms. The smallest absolute Gasteiger partial charge is 0.328 e. The van der Waals surface area contributed by atoms with Gasteiger partial charge in [-0.05, 0) is 17.5 Å². The lowest BCUT2D eigenvalue weighted by Crippen LogP contribution is -2.63. The molecule has 1 saturated heterocycles.